The number of nitrogens with zero attached hydrogens (tertiary/aromatic N) is 4. The molecule has 2 aromatic heterocycles. The third kappa shape index (κ3) is 2.67. The van der Waals surface area contributed by atoms with Crippen LogP contribution in [0.1, 0.15) is 32.2 Å². The molecule has 4 rings (SSSR count). The highest BCUT2D eigenvalue weighted by Gasteiger charge is 2.26. The van der Waals surface area contributed by atoms with Crippen LogP contribution in [0.2, 0.25) is 0 Å². The van der Waals surface area contributed by atoms with Crippen molar-refractivity contribution in [3.8, 4) is 5.69 Å². The molecule has 0 amide bonds. The van der Waals surface area contributed by atoms with Crippen molar-refractivity contribution in [1.82, 2.24) is 19.5 Å². The lowest BCUT2D eigenvalue weighted by atomic mass is 9.90. The highest BCUT2D eigenvalue weighted by Crippen LogP contribution is 2.22. The number of benzene rings is 1. The maximum atomic E-state index is 12.6. The number of fused-ring (bicyclic) bond motifs is 1. The van der Waals surface area contributed by atoms with Crippen LogP contribution in [0.3, 0.4) is 0 Å². The molecule has 0 spiro atoms. The highest BCUT2D eigenvalue weighted by molar-refractivity contribution is 6.23. The Morgan fingerprint density at radius 3 is 2.60 bits per heavy atom. The molecule has 6 heteroatoms. The highest BCUT2D eigenvalue weighted by atomic mass is 16.1. The van der Waals surface area contributed by atoms with Gasteiger partial charge in [-0.15, -0.1) is 0 Å². The van der Waals surface area contributed by atoms with E-state index in [-0.39, 0.29) is 22.8 Å². The second-order valence-corrected chi connectivity index (χ2v) is 5.84. The van der Waals surface area contributed by atoms with Gasteiger partial charge in [0, 0.05) is 36.3 Å². The molecule has 1 aliphatic rings. The van der Waals surface area contributed by atoms with E-state index in [1.807, 2.05) is 42.0 Å². The van der Waals surface area contributed by atoms with Gasteiger partial charge in [0.25, 0.3) is 0 Å². The van der Waals surface area contributed by atoms with Gasteiger partial charge in [0.2, 0.25) is 5.78 Å². The van der Waals surface area contributed by atoms with Crippen molar-refractivity contribution in [2.24, 2.45) is 0 Å². The Labute approximate surface area is 143 Å². The number of aryl methyl sites for hydroxylation is 1. The third-order valence-electron chi connectivity index (χ3n) is 4.22. The predicted molar refractivity (Wildman–Crippen MR) is 90.8 cm³/mol. The fraction of sp³-hybridized carbons (Fsp3) is 0.105. The van der Waals surface area contributed by atoms with E-state index in [4.69, 9.17) is 0 Å². The molecule has 1 aromatic carbocycles. The summed E-state index contributed by atoms with van der Waals surface area (Å²) in [5, 5.41) is 0. The SMILES string of the molecule is Cc1nccn1-c1ccc(CC2=CC(=O)c3ncncc3C2=O)cc1. The quantitative estimate of drug-likeness (QED) is 0.737. The van der Waals surface area contributed by atoms with Crippen molar-refractivity contribution in [3.05, 3.63) is 83.5 Å². The largest absolute Gasteiger partial charge is 0.304 e. The van der Waals surface area contributed by atoms with E-state index in [0.717, 1.165) is 17.1 Å². The molecule has 122 valence electrons. The summed E-state index contributed by atoms with van der Waals surface area (Å²) in [7, 11) is 0. The average molecular weight is 330 g/mol. The molecule has 0 saturated heterocycles. The normalized spacial score (nSPS) is 13.6. The number of hydrogen-bond acceptors (Lipinski definition) is 5. The Hall–Kier alpha value is -3.41. The standard InChI is InChI=1S/C19H14N4O2/c1-12-21-6-7-23(12)15-4-2-13(3-5-15)8-14-9-17(24)18-16(19(14)25)10-20-11-22-18/h2-7,9-11H,8H2,1H3. The number of Topliss-reactive ketones (excluding diaryl/α,β-unsaturated/α-hetero) is 1. The van der Waals surface area contributed by atoms with E-state index >= 15 is 0 Å². The summed E-state index contributed by atoms with van der Waals surface area (Å²) in [6.07, 6.45) is 8.10. The van der Waals surface area contributed by atoms with Crippen molar-refractivity contribution < 1.29 is 9.59 Å². The lowest BCUT2D eigenvalue weighted by Gasteiger charge is -2.14. The number of aromatic nitrogens is 4. The maximum absolute atomic E-state index is 12.6. The number of hydrogen-bond donors (Lipinski definition) is 0. The van der Waals surface area contributed by atoms with Gasteiger partial charge in [0.15, 0.2) is 5.78 Å². The molecule has 0 aliphatic heterocycles. The minimum Gasteiger partial charge on any atom is -0.304 e. The molecule has 6 nitrogen and oxygen atoms in total. The van der Waals surface area contributed by atoms with Crippen LogP contribution in [0, 0.1) is 6.92 Å². The number of imidazole rings is 1. The summed E-state index contributed by atoms with van der Waals surface area (Å²) in [4.78, 5) is 36.7. The van der Waals surface area contributed by atoms with Crippen LogP contribution in [-0.2, 0) is 6.42 Å². The lowest BCUT2D eigenvalue weighted by molar-refractivity contribution is 0.0978. The molecule has 0 bridgehead atoms. The Bertz CT molecular complexity index is 1020. The van der Waals surface area contributed by atoms with Gasteiger partial charge in [-0.2, -0.15) is 0 Å². The van der Waals surface area contributed by atoms with E-state index in [1.54, 1.807) is 6.20 Å². The van der Waals surface area contributed by atoms with Crippen LogP contribution in [0.4, 0.5) is 0 Å². The minimum absolute atomic E-state index is 0.176. The summed E-state index contributed by atoms with van der Waals surface area (Å²) < 4.78 is 1.98. The molecule has 0 atom stereocenters. The first kappa shape index (κ1) is 15.1. The molecule has 25 heavy (non-hydrogen) atoms. The Kier molecular flexibility index (Phi) is 3.57. The zero-order valence-electron chi connectivity index (χ0n) is 13.5. The molecule has 3 aromatic rings. The van der Waals surface area contributed by atoms with Gasteiger partial charge in [0.05, 0.1) is 5.56 Å². The zero-order valence-corrected chi connectivity index (χ0v) is 13.5. The second kappa shape index (κ2) is 5.90. The molecule has 2 heterocycles. The molecular weight excluding hydrogens is 316 g/mol. The van der Waals surface area contributed by atoms with E-state index in [9.17, 15) is 9.59 Å². The lowest BCUT2D eigenvalue weighted by Crippen LogP contribution is -2.20. The average Bonchev–Trinajstić information content (AvgIpc) is 3.06. The van der Waals surface area contributed by atoms with E-state index in [2.05, 4.69) is 15.0 Å². The first-order valence-electron chi connectivity index (χ1n) is 7.82. The smallest absolute Gasteiger partial charge is 0.205 e. The van der Waals surface area contributed by atoms with Crippen LogP contribution in [0.5, 0.6) is 0 Å². The molecule has 0 radical (unpaired) electrons. The van der Waals surface area contributed by atoms with E-state index < -0.39 is 0 Å². The minimum atomic E-state index is -0.252. The van der Waals surface area contributed by atoms with Crippen LogP contribution in [-0.4, -0.2) is 31.1 Å². The number of rotatable bonds is 3. The summed E-state index contributed by atoms with van der Waals surface area (Å²) in [6, 6.07) is 7.84. The number of allylic oxidation sites excluding steroid dienone is 2. The zero-order chi connectivity index (χ0) is 17.4. The topological polar surface area (TPSA) is 77.7 Å². The third-order valence-corrected chi connectivity index (χ3v) is 4.22. The summed E-state index contributed by atoms with van der Waals surface area (Å²) in [6.45, 7) is 1.94. The Morgan fingerprint density at radius 1 is 1.08 bits per heavy atom. The Balaban J connectivity index is 1.60. The van der Waals surface area contributed by atoms with Crippen molar-refractivity contribution in [3.63, 3.8) is 0 Å². The van der Waals surface area contributed by atoms with Gasteiger partial charge in [-0.3, -0.25) is 9.59 Å². The van der Waals surface area contributed by atoms with Crippen molar-refractivity contribution >= 4 is 11.6 Å². The number of ketones is 2. The maximum Gasteiger partial charge on any atom is 0.205 e. The van der Waals surface area contributed by atoms with Gasteiger partial charge in [-0.1, -0.05) is 12.1 Å². The van der Waals surface area contributed by atoms with Gasteiger partial charge in [-0.25, -0.2) is 15.0 Å². The first-order valence-corrected chi connectivity index (χ1v) is 7.82. The summed E-state index contributed by atoms with van der Waals surface area (Å²) >= 11 is 0. The Morgan fingerprint density at radius 2 is 1.88 bits per heavy atom. The second-order valence-electron chi connectivity index (χ2n) is 5.84. The van der Waals surface area contributed by atoms with Crippen LogP contribution in [0.15, 0.2) is 60.8 Å². The fourth-order valence-corrected chi connectivity index (χ4v) is 2.93. The number of carbonyl (C=O) groups excluding carboxylic acids is 2. The van der Waals surface area contributed by atoms with Crippen LogP contribution >= 0.6 is 0 Å². The van der Waals surface area contributed by atoms with Crippen LogP contribution < -0.4 is 0 Å². The molecule has 0 N–H and O–H groups in total. The van der Waals surface area contributed by atoms with Gasteiger partial charge >= 0.3 is 0 Å². The molecule has 1 aliphatic carbocycles. The van der Waals surface area contributed by atoms with Crippen molar-refractivity contribution in [2.45, 2.75) is 13.3 Å². The van der Waals surface area contributed by atoms with Gasteiger partial charge in [-0.05, 0) is 30.7 Å². The molecular formula is C19H14N4O2. The fourth-order valence-electron chi connectivity index (χ4n) is 2.93. The van der Waals surface area contributed by atoms with Crippen molar-refractivity contribution in [2.75, 3.05) is 0 Å². The van der Waals surface area contributed by atoms with Gasteiger partial charge < -0.3 is 4.57 Å². The summed E-state index contributed by atoms with van der Waals surface area (Å²) in [5.41, 5.74) is 2.86. The monoisotopic (exact) mass is 330 g/mol. The van der Waals surface area contributed by atoms with Crippen molar-refractivity contribution in [1.29, 1.82) is 0 Å². The van der Waals surface area contributed by atoms with E-state index in [1.165, 1.54) is 18.6 Å². The first-order chi connectivity index (χ1) is 12.1. The van der Waals surface area contributed by atoms with Gasteiger partial charge in [0.1, 0.15) is 17.8 Å². The summed E-state index contributed by atoms with van der Waals surface area (Å²) in [5.74, 6) is 0.461. The molecule has 0 fully saturated rings. The molecule has 0 unspecified atom stereocenters. The van der Waals surface area contributed by atoms with E-state index in [0.29, 0.717) is 12.0 Å². The van der Waals surface area contributed by atoms with Crippen LogP contribution in [0.25, 0.3) is 5.69 Å². The number of carbonyl (C=O) groups is 2. The molecule has 0 saturated carbocycles. The predicted octanol–water partition coefficient (Wildman–Crippen LogP) is 2.52.